The highest BCUT2D eigenvalue weighted by Gasteiger charge is 2.18. The third kappa shape index (κ3) is 2.87. The van der Waals surface area contributed by atoms with E-state index in [1.807, 2.05) is 24.3 Å². The molecule has 2 N–H and O–H groups in total. The summed E-state index contributed by atoms with van der Waals surface area (Å²) in [6.45, 7) is 2.63. The fourth-order valence-corrected chi connectivity index (χ4v) is 2.81. The van der Waals surface area contributed by atoms with Gasteiger partial charge < -0.3 is 5.73 Å². The zero-order chi connectivity index (χ0) is 14.8. The summed E-state index contributed by atoms with van der Waals surface area (Å²) < 4.78 is 0. The molecule has 1 heterocycles. The summed E-state index contributed by atoms with van der Waals surface area (Å²) in [7, 11) is 0. The summed E-state index contributed by atoms with van der Waals surface area (Å²) in [5.74, 6) is 0. The smallest absolute Gasteiger partial charge is 0.269 e. The van der Waals surface area contributed by atoms with Crippen molar-refractivity contribution in [3.8, 4) is 0 Å². The molecule has 0 unspecified atom stereocenters. The van der Waals surface area contributed by atoms with Crippen LogP contribution in [-0.4, -0.2) is 16.4 Å². The van der Waals surface area contributed by atoms with Gasteiger partial charge in [-0.2, -0.15) is 0 Å². The van der Waals surface area contributed by atoms with Gasteiger partial charge in [-0.3, -0.25) is 15.0 Å². The number of nitro benzene ring substituents is 1. The molecule has 3 rings (SSSR count). The quantitative estimate of drug-likeness (QED) is 0.534. The fourth-order valence-electron chi connectivity index (χ4n) is 2.81. The Morgan fingerprint density at radius 2 is 1.95 bits per heavy atom. The summed E-state index contributed by atoms with van der Waals surface area (Å²) in [5.41, 5.74) is 10.6. The maximum absolute atomic E-state index is 10.7. The maximum Gasteiger partial charge on any atom is 0.269 e. The Hall–Kier alpha value is -2.40. The molecule has 21 heavy (non-hydrogen) atoms. The fraction of sp³-hybridized carbons (Fsp3) is 0.250. The zero-order valence-electron chi connectivity index (χ0n) is 11.7. The number of hydrogen-bond donors (Lipinski definition) is 1. The van der Waals surface area contributed by atoms with Crippen LogP contribution in [0.3, 0.4) is 0 Å². The van der Waals surface area contributed by atoms with Crippen LogP contribution in [0.1, 0.15) is 16.7 Å². The van der Waals surface area contributed by atoms with Crippen LogP contribution >= 0.6 is 0 Å². The molecule has 0 aromatic heterocycles. The molecule has 2 aromatic carbocycles. The Balaban J connectivity index is 1.71. The van der Waals surface area contributed by atoms with Crippen molar-refractivity contribution in [3.63, 3.8) is 0 Å². The number of nitrogens with two attached hydrogens (primary N) is 1. The predicted molar refractivity (Wildman–Crippen MR) is 81.8 cm³/mol. The van der Waals surface area contributed by atoms with E-state index in [0.29, 0.717) is 0 Å². The molecule has 0 fully saturated rings. The second-order valence-electron chi connectivity index (χ2n) is 5.37. The lowest BCUT2D eigenvalue weighted by molar-refractivity contribution is -0.384. The highest BCUT2D eigenvalue weighted by molar-refractivity contribution is 5.51. The highest BCUT2D eigenvalue weighted by Crippen LogP contribution is 2.25. The van der Waals surface area contributed by atoms with Gasteiger partial charge in [0, 0.05) is 37.5 Å². The van der Waals surface area contributed by atoms with Gasteiger partial charge in [0.25, 0.3) is 5.69 Å². The van der Waals surface area contributed by atoms with Gasteiger partial charge in [-0.15, -0.1) is 0 Å². The van der Waals surface area contributed by atoms with E-state index in [1.165, 1.54) is 11.1 Å². The number of hydrogen-bond acceptors (Lipinski definition) is 4. The van der Waals surface area contributed by atoms with E-state index >= 15 is 0 Å². The standard InChI is InChI=1S/C16H17N3O2/c17-16-3-1-2-13-11-18(9-8-15(13)16)10-12-4-6-14(7-5-12)19(20)21/h1-7H,8-11,17H2. The molecule has 0 atom stereocenters. The molecule has 0 spiro atoms. The van der Waals surface area contributed by atoms with Crippen molar-refractivity contribution in [1.29, 1.82) is 0 Å². The number of nitrogens with zero attached hydrogens (tertiary/aromatic N) is 2. The SMILES string of the molecule is Nc1cccc2c1CCN(Cc1ccc([N+](=O)[O-])cc1)C2. The molecule has 5 heteroatoms. The van der Waals surface area contributed by atoms with Gasteiger partial charge >= 0.3 is 0 Å². The van der Waals surface area contributed by atoms with Gasteiger partial charge in [0.2, 0.25) is 0 Å². The van der Waals surface area contributed by atoms with Gasteiger partial charge in [0.15, 0.2) is 0 Å². The average molecular weight is 283 g/mol. The maximum atomic E-state index is 10.7. The van der Waals surface area contributed by atoms with Crippen molar-refractivity contribution in [2.24, 2.45) is 0 Å². The van der Waals surface area contributed by atoms with Gasteiger partial charge in [0.05, 0.1) is 4.92 Å². The van der Waals surface area contributed by atoms with Crippen LogP contribution < -0.4 is 5.73 Å². The van der Waals surface area contributed by atoms with E-state index in [4.69, 9.17) is 5.73 Å². The first-order valence-electron chi connectivity index (χ1n) is 6.95. The number of benzene rings is 2. The molecule has 0 amide bonds. The van der Waals surface area contributed by atoms with E-state index in [2.05, 4.69) is 11.0 Å². The Bertz CT molecular complexity index is 668. The summed E-state index contributed by atoms with van der Waals surface area (Å²) in [4.78, 5) is 12.6. The molecule has 2 aromatic rings. The lowest BCUT2D eigenvalue weighted by Crippen LogP contribution is -2.30. The monoisotopic (exact) mass is 283 g/mol. The van der Waals surface area contributed by atoms with Crippen LogP contribution in [0.2, 0.25) is 0 Å². The minimum absolute atomic E-state index is 0.135. The van der Waals surface area contributed by atoms with Crippen LogP contribution in [0.5, 0.6) is 0 Å². The Kier molecular flexibility index (Phi) is 3.58. The van der Waals surface area contributed by atoms with Crippen LogP contribution in [-0.2, 0) is 19.5 Å². The normalized spacial score (nSPS) is 14.7. The van der Waals surface area contributed by atoms with Crippen LogP contribution in [0.25, 0.3) is 0 Å². The largest absolute Gasteiger partial charge is 0.398 e. The second-order valence-corrected chi connectivity index (χ2v) is 5.37. The Morgan fingerprint density at radius 1 is 1.19 bits per heavy atom. The van der Waals surface area contributed by atoms with Crippen molar-refractivity contribution >= 4 is 11.4 Å². The first-order chi connectivity index (χ1) is 10.1. The molecule has 108 valence electrons. The minimum Gasteiger partial charge on any atom is -0.398 e. The topological polar surface area (TPSA) is 72.4 Å². The van der Waals surface area contributed by atoms with Crippen molar-refractivity contribution in [2.75, 3.05) is 12.3 Å². The Labute approximate surface area is 123 Å². The molecule has 1 aliphatic rings. The van der Waals surface area contributed by atoms with Gasteiger partial charge in [0.1, 0.15) is 0 Å². The summed E-state index contributed by atoms with van der Waals surface area (Å²) in [6.07, 6.45) is 0.953. The number of non-ortho nitro benzene ring substituents is 1. The van der Waals surface area contributed by atoms with E-state index in [0.717, 1.165) is 37.3 Å². The second kappa shape index (κ2) is 5.54. The number of fused-ring (bicyclic) bond motifs is 1. The lowest BCUT2D eigenvalue weighted by atomic mass is 9.97. The Morgan fingerprint density at radius 3 is 2.67 bits per heavy atom. The third-order valence-corrected chi connectivity index (χ3v) is 3.93. The summed E-state index contributed by atoms with van der Waals surface area (Å²) in [6, 6.07) is 12.8. The molecular weight excluding hydrogens is 266 g/mol. The molecule has 0 aliphatic carbocycles. The number of anilines is 1. The van der Waals surface area contributed by atoms with Gasteiger partial charge in [-0.05, 0) is 29.2 Å². The van der Waals surface area contributed by atoms with Crippen molar-refractivity contribution in [1.82, 2.24) is 4.90 Å². The van der Waals surface area contributed by atoms with Crippen molar-refractivity contribution < 1.29 is 4.92 Å². The molecular formula is C16H17N3O2. The summed E-state index contributed by atoms with van der Waals surface area (Å²) in [5, 5.41) is 10.7. The third-order valence-electron chi connectivity index (χ3n) is 3.93. The van der Waals surface area contributed by atoms with Gasteiger partial charge in [-0.25, -0.2) is 0 Å². The number of rotatable bonds is 3. The highest BCUT2D eigenvalue weighted by atomic mass is 16.6. The van der Waals surface area contributed by atoms with Crippen LogP contribution in [0, 0.1) is 10.1 Å². The predicted octanol–water partition coefficient (Wildman–Crippen LogP) is 2.74. The lowest BCUT2D eigenvalue weighted by Gasteiger charge is -2.29. The number of nitro groups is 1. The van der Waals surface area contributed by atoms with Crippen LogP contribution in [0.4, 0.5) is 11.4 Å². The van der Waals surface area contributed by atoms with E-state index in [1.54, 1.807) is 12.1 Å². The first kappa shape index (κ1) is 13.6. The van der Waals surface area contributed by atoms with E-state index in [9.17, 15) is 10.1 Å². The average Bonchev–Trinajstić information content (AvgIpc) is 2.48. The minimum atomic E-state index is -0.371. The molecule has 0 saturated carbocycles. The van der Waals surface area contributed by atoms with Gasteiger partial charge in [-0.1, -0.05) is 24.3 Å². The molecule has 0 radical (unpaired) electrons. The number of nitrogen functional groups attached to an aromatic ring is 1. The first-order valence-corrected chi connectivity index (χ1v) is 6.95. The summed E-state index contributed by atoms with van der Waals surface area (Å²) >= 11 is 0. The van der Waals surface area contributed by atoms with Crippen LogP contribution in [0.15, 0.2) is 42.5 Å². The molecule has 1 aliphatic heterocycles. The van der Waals surface area contributed by atoms with E-state index < -0.39 is 0 Å². The molecule has 0 bridgehead atoms. The van der Waals surface area contributed by atoms with Crippen molar-refractivity contribution in [3.05, 3.63) is 69.3 Å². The van der Waals surface area contributed by atoms with E-state index in [-0.39, 0.29) is 10.6 Å². The molecule has 5 nitrogen and oxygen atoms in total. The molecule has 0 saturated heterocycles. The van der Waals surface area contributed by atoms with Crippen molar-refractivity contribution in [2.45, 2.75) is 19.5 Å². The zero-order valence-corrected chi connectivity index (χ0v) is 11.7.